The van der Waals surface area contributed by atoms with Gasteiger partial charge in [-0.2, -0.15) is 0 Å². The van der Waals surface area contributed by atoms with Gasteiger partial charge in [-0.15, -0.1) is 0 Å². The standard InChI is InChI=1S/C8H16N2O3/c1-2-13-7(11)8(10-9)3-5-12-6-4-8/h10H,2-6,9H2,1H3. The van der Waals surface area contributed by atoms with E-state index in [2.05, 4.69) is 5.43 Å². The first-order valence-electron chi connectivity index (χ1n) is 4.48. The van der Waals surface area contributed by atoms with E-state index in [1.54, 1.807) is 6.92 Å². The predicted octanol–water partition coefficient (Wildman–Crippen LogP) is -0.438. The van der Waals surface area contributed by atoms with Crippen molar-refractivity contribution in [2.45, 2.75) is 25.3 Å². The molecule has 0 spiro atoms. The summed E-state index contributed by atoms with van der Waals surface area (Å²) in [7, 11) is 0. The van der Waals surface area contributed by atoms with E-state index in [1.807, 2.05) is 0 Å². The summed E-state index contributed by atoms with van der Waals surface area (Å²) in [6.45, 7) is 3.25. The number of rotatable bonds is 3. The van der Waals surface area contributed by atoms with Crippen molar-refractivity contribution in [3.8, 4) is 0 Å². The molecule has 3 N–H and O–H groups in total. The minimum Gasteiger partial charge on any atom is -0.465 e. The minimum atomic E-state index is -0.728. The normalized spacial score (nSPS) is 21.1. The molecular formula is C8H16N2O3. The molecule has 1 saturated heterocycles. The van der Waals surface area contributed by atoms with Gasteiger partial charge in [0.2, 0.25) is 0 Å². The first kappa shape index (κ1) is 10.4. The van der Waals surface area contributed by atoms with E-state index in [0.717, 1.165) is 0 Å². The maximum absolute atomic E-state index is 11.5. The summed E-state index contributed by atoms with van der Waals surface area (Å²) < 4.78 is 10.1. The Kier molecular flexibility index (Phi) is 3.65. The van der Waals surface area contributed by atoms with E-state index < -0.39 is 5.54 Å². The number of carbonyl (C=O) groups excluding carboxylic acids is 1. The van der Waals surface area contributed by atoms with Crippen molar-refractivity contribution in [2.24, 2.45) is 5.84 Å². The summed E-state index contributed by atoms with van der Waals surface area (Å²) >= 11 is 0. The third kappa shape index (κ3) is 2.18. The van der Waals surface area contributed by atoms with Gasteiger partial charge in [-0.1, -0.05) is 0 Å². The van der Waals surface area contributed by atoms with Gasteiger partial charge in [0.1, 0.15) is 5.54 Å². The molecule has 0 unspecified atom stereocenters. The molecule has 1 heterocycles. The molecule has 1 fully saturated rings. The Morgan fingerprint density at radius 1 is 1.62 bits per heavy atom. The lowest BCUT2D eigenvalue weighted by Gasteiger charge is -2.33. The van der Waals surface area contributed by atoms with Crippen molar-refractivity contribution in [3.63, 3.8) is 0 Å². The number of esters is 1. The van der Waals surface area contributed by atoms with Crippen molar-refractivity contribution in [1.29, 1.82) is 0 Å². The van der Waals surface area contributed by atoms with Crippen LogP contribution in [-0.4, -0.2) is 31.3 Å². The summed E-state index contributed by atoms with van der Waals surface area (Å²) in [5.74, 6) is 5.09. The molecule has 0 aromatic carbocycles. The molecule has 5 heteroatoms. The van der Waals surface area contributed by atoms with Crippen LogP contribution in [0.1, 0.15) is 19.8 Å². The summed E-state index contributed by atoms with van der Waals surface area (Å²) in [6, 6.07) is 0. The molecule has 0 bridgehead atoms. The maximum Gasteiger partial charge on any atom is 0.327 e. The quantitative estimate of drug-likeness (QED) is 0.357. The highest BCUT2D eigenvalue weighted by molar-refractivity contribution is 5.80. The third-order valence-corrected chi connectivity index (χ3v) is 2.29. The third-order valence-electron chi connectivity index (χ3n) is 2.29. The van der Waals surface area contributed by atoms with Gasteiger partial charge in [0.05, 0.1) is 6.61 Å². The highest BCUT2D eigenvalue weighted by Gasteiger charge is 2.40. The Bertz CT molecular complexity index is 178. The van der Waals surface area contributed by atoms with Crippen LogP contribution in [0.15, 0.2) is 0 Å². The van der Waals surface area contributed by atoms with E-state index in [1.165, 1.54) is 0 Å². The molecule has 0 saturated carbocycles. The molecule has 0 aliphatic carbocycles. The highest BCUT2D eigenvalue weighted by Crippen LogP contribution is 2.21. The van der Waals surface area contributed by atoms with E-state index in [-0.39, 0.29) is 5.97 Å². The average molecular weight is 188 g/mol. The molecule has 0 atom stereocenters. The van der Waals surface area contributed by atoms with Gasteiger partial charge in [-0.05, 0) is 6.92 Å². The van der Waals surface area contributed by atoms with Crippen LogP contribution in [-0.2, 0) is 14.3 Å². The monoisotopic (exact) mass is 188 g/mol. The molecule has 13 heavy (non-hydrogen) atoms. The molecule has 76 valence electrons. The van der Waals surface area contributed by atoms with Gasteiger partial charge < -0.3 is 9.47 Å². The fourth-order valence-corrected chi connectivity index (χ4v) is 1.40. The Morgan fingerprint density at radius 3 is 2.69 bits per heavy atom. The Hall–Kier alpha value is -0.650. The average Bonchev–Trinajstić information content (AvgIpc) is 2.19. The van der Waals surface area contributed by atoms with Crippen LogP contribution in [0, 0.1) is 0 Å². The van der Waals surface area contributed by atoms with Gasteiger partial charge in [-0.25, -0.2) is 10.2 Å². The molecule has 1 aliphatic heterocycles. The number of hydrazine groups is 1. The van der Waals surface area contributed by atoms with Crippen LogP contribution in [0.4, 0.5) is 0 Å². The summed E-state index contributed by atoms with van der Waals surface area (Å²) in [6.07, 6.45) is 1.14. The topological polar surface area (TPSA) is 73.6 Å². The van der Waals surface area contributed by atoms with Crippen LogP contribution in [0.5, 0.6) is 0 Å². The highest BCUT2D eigenvalue weighted by atomic mass is 16.5. The Balaban J connectivity index is 2.61. The molecule has 5 nitrogen and oxygen atoms in total. The molecule has 0 amide bonds. The van der Waals surface area contributed by atoms with E-state index in [9.17, 15) is 4.79 Å². The molecular weight excluding hydrogens is 172 g/mol. The van der Waals surface area contributed by atoms with Crippen LogP contribution < -0.4 is 11.3 Å². The smallest absolute Gasteiger partial charge is 0.327 e. The Labute approximate surface area is 77.5 Å². The van der Waals surface area contributed by atoms with Gasteiger partial charge in [0.15, 0.2) is 0 Å². The SMILES string of the molecule is CCOC(=O)C1(NN)CCOCC1. The minimum absolute atomic E-state index is 0.277. The summed E-state index contributed by atoms with van der Waals surface area (Å²) in [5.41, 5.74) is 1.82. The zero-order valence-corrected chi connectivity index (χ0v) is 7.84. The fourth-order valence-electron chi connectivity index (χ4n) is 1.40. The van der Waals surface area contributed by atoms with Crippen molar-refractivity contribution in [1.82, 2.24) is 5.43 Å². The molecule has 0 aromatic rings. The number of nitrogens with two attached hydrogens (primary N) is 1. The van der Waals surface area contributed by atoms with Crippen molar-refractivity contribution in [3.05, 3.63) is 0 Å². The lowest BCUT2D eigenvalue weighted by atomic mass is 9.91. The van der Waals surface area contributed by atoms with E-state index in [0.29, 0.717) is 32.7 Å². The molecule has 0 aromatic heterocycles. The summed E-state index contributed by atoms with van der Waals surface area (Å²) in [4.78, 5) is 11.5. The maximum atomic E-state index is 11.5. The van der Waals surface area contributed by atoms with Crippen LogP contribution in [0.25, 0.3) is 0 Å². The number of hydrogen-bond donors (Lipinski definition) is 2. The van der Waals surface area contributed by atoms with Gasteiger partial charge in [0, 0.05) is 26.1 Å². The number of ether oxygens (including phenoxy) is 2. The van der Waals surface area contributed by atoms with Gasteiger partial charge in [-0.3, -0.25) is 5.84 Å². The zero-order chi connectivity index (χ0) is 9.73. The van der Waals surface area contributed by atoms with Gasteiger partial charge >= 0.3 is 5.97 Å². The lowest BCUT2D eigenvalue weighted by Crippen LogP contribution is -2.59. The molecule has 0 radical (unpaired) electrons. The number of hydrogen-bond acceptors (Lipinski definition) is 5. The first-order chi connectivity index (χ1) is 6.25. The van der Waals surface area contributed by atoms with E-state index >= 15 is 0 Å². The second kappa shape index (κ2) is 4.55. The summed E-state index contributed by atoms with van der Waals surface area (Å²) in [5, 5.41) is 0. The second-order valence-electron chi connectivity index (χ2n) is 3.06. The number of nitrogens with one attached hydrogen (secondary N) is 1. The van der Waals surface area contributed by atoms with E-state index in [4.69, 9.17) is 15.3 Å². The van der Waals surface area contributed by atoms with Crippen LogP contribution >= 0.6 is 0 Å². The lowest BCUT2D eigenvalue weighted by molar-refractivity contribution is -0.155. The van der Waals surface area contributed by atoms with Crippen molar-refractivity contribution < 1.29 is 14.3 Å². The number of carbonyl (C=O) groups is 1. The van der Waals surface area contributed by atoms with Crippen molar-refractivity contribution >= 4 is 5.97 Å². The predicted molar refractivity (Wildman–Crippen MR) is 46.7 cm³/mol. The second-order valence-corrected chi connectivity index (χ2v) is 3.06. The largest absolute Gasteiger partial charge is 0.465 e. The molecule has 1 aliphatic rings. The van der Waals surface area contributed by atoms with Gasteiger partial charge in [0.25, 0.3) is 0 Å². The fraction of sp³-hybridized carbons (Fsp3) is 0.875. The Morgan fingerprint density at radius 2 is 2.23 bits per heavy atom. The van der Waals surface area contributed by atoms with Crippen molar-refractivity contribution in [2.75, 3.05) is 19.8 Å². The zero-order valence-electron chi connectivity index (χ0n) is 7.84. The first-order valence-corrected chi connectivity index (χ1v) is 4.48. The van der Waals surface area contributed by atoms with Crippen LogP contribution in [0.3, 0.4) is 0 Å². The molecule has 1 rings (SSSR count). The van der Waals surface area contributed by atoms with Crippen LogP contribution in [0.2, 0.25) is 0 Å².